The lowest BCUT2D eigenvalue weighted by atomic mass is 9.74. The molecule has 114 valence electrons. The first-order valence-corrected chi connectivity index (χ1v) is 8.53. The third-order valence-corrected chi connectivity index (χ3v) is 4.81. The van der Waals surface area contributed by atoms with E-state index in [-0.39, 0.29) is 0 Å². The molecule has 0 amide bonds. The maximum atomic E-state index is 4.22. The van der Waals surface area contributed by atoms with Gasteiger partial charge in [0, 0.05) is 5.92 Å². The van der Waals surface area contributed by atoms with Crippen LogP contribution in [0.15, 0.2) is 48.1 Å². The Kier molecular flexibility index (Phi) is 5.85. The van der Waals surface area contributed by atoms with E-state index in [0.29, 0.717) is 11.8 Å². The van der Waals surface area contributed by atoms with E-state index in [4.69, 9.17) is 0 Å². The van der Waals surface area contributed by atoms with Crippen molar-refractivity contribution in [3.63, 3.8) is 0 Å². The van der Waals surface area contributed by atoms with Crippen molar-refractivity contribution in [1.29, 1.82) is 0 Å². The topological polar surface area (TPSA) is 0 Å². The van der Waals surface area contributed by atoms with Gasteiger partial charge in [-0.05, 0) is 56.6 Å². The molecule has 0 aliphatic heterocycles. The lowest BCUT2D eigenvalue weighted by Crippen LogP contribution is -2.16. The number of hydrogen-bond donors (Lipinski definition) is 0. The standard InChI is InChI=1S/C21H30/c1-5-6-7-8-18-10-12-19(13-11-18)21-15-17(4)9-14-20(21)16(2)3/h10-13,15,20-21H,2,5-9,14H2,1,3-4H3/t20-,21-/m0/s1. The molecule has 0 aromatic heterocycles. The van der Waals surface area contributed by atoms with Crippen molar-refractivity contribution in [3.05, 3.63) is 59.2 Å². The van der Waals surface area contributed by atoms with Crippen molar-refractivity contribution in [2.75, 3.05) is 0 Å². The van der Waals surface area contributed by atoms with Crippen LogP contribution in [0.3, 0.4) is 0 Å². The van der Waals surface area contributed by atoms with Gasteiger partial charge in [0.05, 0.1) is 0 Å². The Hall–Kier alpha value is -1.30. The SMILES string of the molecule is C=C(C)[C@@H]1CCC(C)=C[C@H]1c1ccc(CCCCC)cc1. The Bertz CT molecular complexity index is 489. The van der Waals surface area contributed by atoms with Gasteiger partial charge < -0.3 is 0 Å². The molecule has 0 fully saturated rings. The molecule has 0 spiro atoms. The predicted molar refractivity (Wildman–Crippen MR) is 93.7 cm³/mol. The summed E-state index contributed by atoms with van der Waals surface area (Å²) in [5.41, 5.74) is 5.80. The van der Waals surface area contributed by atoms with E-state index in [0.717, 1.165) is 0 Å². The molecule has 0 N–H and O–H groups in total. The van der Waals surface area contributed by atoms with Crippen LogP contribution in [0.2, 0.25) is 0 Å². The molecule has 1 aliphatic rings. The molecule has 1 aromatic carbocycles. The average molecular weight is 282 g/mol. The van der Waals surface area contributed by atoms with E-state index in [1.54, 1.807) is 0 Å². The predicted octanol–water partition coefficient (Wildman–Crippen LogP) is 6.44. The summed E-state index contributed by atoms with van der Waals surface area (Å²) in [6.07, 6.45) is 10.1. The van der Waals surface area contributed by atoms with Crippen LogP contribution >= 0.6 is 0 Å². The summed E-state index contributed by atoms with van der Waals surface area (Å²) < 4.78 is 0. The fourth-order valence-corrected chi connectivity index (χ4v) is 3.44. The highest BCUT2D eigenvalue weighted by atomic mass is 14.3. The van der Waals surface area contributed by atoms with Crippen LogP contribution in [-0.2, 0) is 6.42 Å². The maximum absolute atomic E-state index is 4.22. The minimum Gasteiger partial charge on any atom is -0.0998 e. The van der Waals surface area contributed by atoms with E-state index < -0.39 is 0 Å². The van der Waals surface area contributed by atoms with Gasteiger partial charge in [-0.1, -0.05) is 67.8 Å². The Labute approximate surface area is 131 Å². The highest BCUT2D eigenvalue weighted by molar-refractivity contribution is 5.33. The zero-order chi connectivity index (χ0) is 15.2. The van der Waals surface area contributed by atoms with Gasteiger partial charge >= 0.3 is 0 Å². The minimum atomic E-state index is 0.529. The highest BCUT2D eigenvalue weighted by Crippen LogP contribution is 2.39. The summed E-state index contributed by atoms with van der Waals surface area (Å²) >= 11 is 0. The molecule has 0 radical (unpaired) electrons. The molecule has 0 nitrogen and oxygen atoms in total. The number of aryl methyl sites for hydroxylation is 1. The summed E-state index contributed by atoms with van der Waals surface area (Å²) in [4.78, 5) is 0. The molecular formula is C21H30. The third kappa shape index (κ3) is 4.33. The van der Waals surface area contributed by atoms with Crippen molar-refractivity contribution >= 4 is 0 Å². The molecule has 0 unspecified atom stereocenters. The van der Waals surface area contributed by atoms with Crippen molar-refractivity contribution in [3.8, 4) is 0 Å². The van der Waals surface area contributed by atoms with Crippen molar-refractivity contribution < 1.29 is 0 Å². The first-order chi connectivity index (χ1) is 10.1. The number of allylic oxidation sites excluding steroid dienone is 3. The summed E-state index contributed by atoms with van der Waals surface area (Å²) in [6.45, 7) is 10.9. The van der Waals surface area contributed by atoms with E-state index in [2.05, 4.69) is 57.7 Å². The van der Waals surface area contributed by atoms with E-state index >= 15 is 0 Å². The van der Waals surface area contributed by atoms with Gasteiger partial charge in [-0.2, -0.15) is 0 Å². The Morgan fingerprint density at radius 2 is 1.90 bits per heavy atom. The molecule has 2 rings (SSSR count). The molecule has 1 aliphatic carbocycles. The molecule has 2 atom stereocenters. The average Bonchev–Trinajstić information content (AvgIpc) is 2.48. The fraction of sp³-hybridized carbons (Fsp3) is 0.524. The smallest absolute Gasteiger partial charge is 0.00859 e. The third-order valence-electron chi connectivity index (χ3n) is 4.81. The molecule has 0 heteroatoms. The Morgan fingerprint density at radius 1 is 1.19 bits per heavy atom. The van der Waals surface area contributed by atoms with Crippen LogP contribution in [0.25, 0.3) is 0 Å². The van der Waals surface area contributed by atoms with Gasteiger partial charge in [-0.25, -0.2) is 0 Å². The number of hydrogen-bond acceptors (Lipinski definition) is 0. The second kappa shape index (κ2) is 7.64. The Balaban J connectivity index is 2.12. The molecule has 0 saturated carbocycles. The highest BCUT2D eigenvalue weighted by Gasteiger charge is 2.25. The van der Waals surface area contributed by atoms with Crippen LogP contribution in [0.4, 0.5) is 0 Å². The molecule has 21 heavy (non-hydrogen) atoms. The lowest BCUT2D eigenvalue weighted by molar-refractivity contribution is 0.483. The van der Waals surface area contributed by atoms with E-state index in [9.17, 15) is 0 Å². The monoisotopic (exact) mass is 282 g/mol. The van der Waals surface area contributed by atoms with Crippen LogP contribution in [0, 0.1) is 5.92 Å². The molecule has 0 heterocycles. The summed E-state index contributed by atoms with van der Waals surface area (Å²) in [7, 11) is 0. The van der Waals surface area contributed by atoms with Gasteiger partial charge in [0.1, 0.15) is 0 Å². The van der Waals surface area contributed by atoms with Crippen LogP contribution in [-0.4, -0.2) is 0 Å². The van der Waals surface area contributed by atoms with Gasteiger partial charge in [-0.15, -0.1) is 0 Å². The molecule has 1 aromatic rings. The minimum absolute atomic E-state index is 0.529. The number of unbranched alkanes of at least 4 members (excludes halogenated alkanes) is 2. The maximum Gasteiger partial charge on any atom is 0.00859 e. The van der Waals surface area contributed by atoms with Crippen molar-refractivity contribution in [2.24, 2.45) is 5.92 Å². The first kappa shape index (κ1) is 16.1. The van der Waals surface area contributed by atoms with E-state index in [1.807, 2.05) is 0 Å². The van der Waals surface area contributed by atoms with Gasteiger partial charge in [0.2, 0.25) is 0 Å². The second-order valence-electron chi connectivity index (χ2n) is 6.73. The normalized spacial score (nSPS) is 22.0. The molecular weight excluding hydrogens is 252 g/mol. The Morgan fingerprint density at radius 3 is 2.52 bits per heavy atom. The number of benzene rings is 1. The molecule has 0 bridgehead atoms. The second-order valence-corrected chi connectivity index (χ2v) is 6.73. The zero-order valence-electron chi connectivity index (χ0n) is 14.0. The quantitative estimate of drug-likeness (QED) is 0.416. The van der Waals surface area contributed by atoms with E-state index in [1.165, 1.54) is 60.8 Å². The lowest BCUT2D eigenvalue weighted by Gasteiger charge is -2.30. The van der Waals surface area contributed by atoms with Crippen molar-refractivity contribution in [2.45, 2.75) is 65.2 Å². The van der Waals surface area contributed by atoms with Gasteiger partial charge in [0.25, 0.3) is 0 Å². The van der Waals surface area contributed by atoms with Crippen LogP contribution in [0.5, 0.6) is 0 Å². The zero-order valence-corrected chi connectivity index (χ0v) is 14.0. The van der Waals surface area contributed by atoms with Crippen LogP contribution in [0.1, 0.15) is 69.9 Å². The number of rotatable bonds is 6. The van der Waals surface area contributed by atoms with Crippen LogP contribution < -0.4 is 0 Å². The van der Waals surface area contributed by atoms with Gasteiger partial charge in [-0.3, -0.25) is 0 Å². The first-order valence-electron chi connectivity index (χ1n) is 8.53. The molecule has 0 saturated heterocycles. The summed E-state index contributed by atoms with van der Waals surface area (Å²) in [6, 6.07) is 9.35. The summed E-state index contributed by atoms with van der Waals surface area (Å²) in [5, 5.41) is 0. The largest absolute Gasteiger partial charge is 0.0998 e. The van der Waals surface area contributed by atoms with Crippen molar-refractivity contribution in [1.82, 2.24) is 0 Å². The van der Waals surface area contributed by atoms with Gasteiger partial charge in [0.15, 0.2) is 0 Å². The summed E-state index contributed by atoms with van der Waals surface area (Å²) in [5.74, 6) is 1.14. The fourth-order valence-electron chi connectivity index (χ4n) is 3.44.